The third-order valence-corrected chi connectivity index (χ3v) is 13.7. The Kier molecular flexibility index (Phi) is 11.9. The molecule has 0 radical (unpaired) electrons. The number of fused-ring (bicyclic) bond motifs is 1. The second-order valence-electron chi connectivity index (χ2n) is 14.1. The van der Waals surface area contributed by atoms with Crippen LogP contribution in [0.3, 0.4) is 0 Å². The van der Waals surface area contributed by atoms with Crippen molar-refractivity contribution in [1.29, 1.82) is 0 Å². The van der Waals surface area contributed by atoms with Gasteiger partial charge >= 0.3 is 8.41 Å². The molecule has 3 aromatic rings. The maximum Gasteiger partial charge on any atom is 0.330 e. The maximum absolute atomic E-state index is 17.6. The number of halogens is 1. The van der Waals surface area contributed by atoms with Gasteiger partial charge in [-0.3, -0.25) is 28.9 Å². The Morgan fingerprint density at radius 2 is 1.67 bits per heavy atom. The SMILES string of the molecule is C[n+]1cccc2cc([Si](F)(C(C)(C)C)C(C)(C)C)n(Cc3cn(CCONC(=O)CCOCCNC(=O)CCN4C(=O)C=CC4=O)nn3)c21. The lowest BCUT2D eigenvalue weighted by Crippen LogP contribution is -2.60. The van der Waals surface area contributed by atoms with Gasteiger partial charge < -0.3 is 14.2 Å². The monoisotopic (exact) mass is 699 g/mol. The number of amides is 4. The number of carbonyl (C=O) groups is 4. The molecule has 0 bridgehead atoms. The van der Waals surface area contributed by atoms with Gasteiger partial charge in [-0.15, -0.1) is 5.10 Å². The number of nitrogens with one attached hydrogen (secondary N) is 2. The van der Waals surface area contributed by atoms with E-state index in [0.29, 0.717) is 18.8 Å². The topological polar surface area (TPSA) is 154 Å². The molecule has 0 saturated carbocycles. The van der Waals surface area contributed by atoms with Crippen LogP contribution in [0.1, 0.15) is 60.1 Å². The number of hydrogen-bond acceptors (Lipinski definition) is 8. The summed E-state index contributed by atoms with van der Waals surface area (Å²) in [5, 5.41) is 11.8. The minimum atomic E-state index is -3.61. The minimum Gasteiger partial charge on any atom is -0.379 e. The average Bonchev–Trinajstić information content (AvgIpc) is 3.72. The number of aromatic nitrogens is 5. The predicted molar refractivity (Wildman–Crippen MR) is 181 cm³/mol. The molecule has 14 nitrogen and oxygen atoms in total. The van der Waals surface area contributed by atoms with E-state index in [1.165, 1.54) is 12.2 Å². The van der Waals surface area contributed by atoms with E-state index in [1.807, 2.05) is 77.6 Å². The number of carbonyl (C=O) groups excluding carboxylic acids is 4. The van der Waals surface area contributed by atoms with Crippen LogP contribution >= 0.6 is 0 Å². The summed E-state index contributed by atoms with van der Waals surface area (Å²) in [6.45, 7) is 13.3. The molecule has 0 unspecified atom stereocenters. The Morgan fingerprint density at radius 3 is 2.35 bits per heavy atom. The molecule has 0 atom stereocenters. The van der Waals surface area contributed by atoms with Crippen LogP contribution in [-0.4, -0.2) is 89.4 Å². The molecule has 1 aliphatic rings. The third-order valence-electron chi connectivity index (χ3n) is 8.46. The molecule has 1 aliphatic heterocycles. The Bertz CT molecular complexity index is 1670. The standard InChI is InChI=1S/C33H47FN8O6Si/c1-32(2,3)49(34,33(4,5)6)30-21-24-9-8-15-39(7)31(24)42(30)23-25-22-40(38-36-25)17-20-48-37-27(44)13-18-47-19-14-35-26(43)12-16-41-28(45)10-11-29(41)46/h8-11,15,21-22H,12-14,16-20,23H2,1-7H3,(H-,35,37,43,44)/p+1. The summed E-state index contributed by atoms with van der Waals surface area (Å²) in [5.74, 6) is -1.54. The van der Waals surface area contributed by atoms with Gasteiger partial charge in [0.05, 0.1) is 57.6 Å². The smallest absolute Gasteiger partial charge is 0.330 e. The molecule has 4 amide bonds. The first-order valence-corrected chi connectivity index (χ1v) is 18.3. The van der Waals surface area contributed by atoms with Gasteiger partial charge in [0, 0.05) is 31.7 Å². The van der Waals surface area contributed by atoms with Crippen molar-refractivity contribution in [2.24, 2.45) is 7.05 Å². The highest BCUT2D eigenvalue weighted by Crippen LogP contribution is 2.51. The number of imide groups is 1. The molecule has 49 heavy (non-hydrogen) atoms. The van der Waals surface area contributed by atoms with Crippen molar-refractivity contribution >= 4 is 48.4 Å². The van der Waals surface area contributed by atoms with Crippen molar-refractivity contribution in [1.82, 2.24) is 35.3 Å². The molecule has 16 heteroatoms. The summed E-state index contributed by atoms with van der Waals surface area (Å²) >= 11 is 0. The first-order chi connectivity index (χ1) is 23.0. The lowest BCUT2D eigenvalue weighted by Gasteiger charge is -2.43. The zero-order chi connectivity index (χ0) is 36.0. The molecule has 4 rings (SSSR count). The molecule has 0 fully saturated rings. The summed E-state index contributed by atoms with van der Waals surface area (Å²) in [7, 11) is -1.65. The number of nitrogens with zero attached hydrogens (tertiary/aromatic N) is 6. The molecule has 3 aromatic heterocycles. The summed E-state index contributed by atoms with van der Waals surface area (Å²) < 4.78 is 28.6. The van der Waals surface area contributed by atoms with Crippen molar-refractivity contribution in [3.63, 3.8) is 0 Å². The minimum absolute atomic E-state index is 0.00498. The number of aryl methyl sites for hydroxylation is 1. The largest absolute Gasteiger partial charge is 0.379 e. The van der Waals surface area contributed by atoms with Crippen LogP contribution in [0.15, 0.2) is 42.7 Å². The first kappa shape index (κ1) is 37.5. The zero-order valence-corrected chi connectivity index (χ0v) is 30.4. The fourth-order valence-corrected chi connectivity index (χ4v) is 10.9. The number of hydrogen-bond donors (Lipinski definition) is 2. The van der Waals surface area contributed by atoms with Crippen molar-refractivity contribution in [2.75, 3.05) is 32.9 Å². The molecule has 2 N–H and O–H groups in total. The normalized spacial score (nSPS) is 13.9. The lowest BCUT2D eigenvalue weighted by molar-refractivity contribution is -0.647. The highest BCUT2D eigenvalue weighted by molar-refractivity contribution is 6.90. The van der Waals surface area contributed by atoms with Crippen LogP contribution in [0.5, 0.6) is 0 Å². The summed E-state index contributed by atoms with van der Waals surface area (Å²) in [6.07, 6.45) is 6.15. The van der Waals surface area contributed by atoms with Gasteiger partial charge in [0.15, 0.2) is 0 Å². The van der Waals surface area contributed by atoms with E-state index >= 15 is 4.11 Å². The maximum atomic E-state index is 17.6. The molecular weight excluding hydrogens is 651 g/mol. The zero-order valence-electron chi connectivity index (χ0n) is 29.4. The molecule has 0 aliphatic carbocycles. The van der Waals surface area contributed by atoms with Crippen LogP contribution in [0.25, 0.3) is 11.0 Å². The number of ether oxygens (including phenoxy) is 1. The fraction of sp³-hybridized carbons (Fsp3) is 0.545. The van der Waals surface area contributed by atoms with Crippen LogP contribution < -0.4 is 20.7 Å². The Morgan fingerprint density at radius 1 is 0.980 bits per heavy atom. The number of hydroxylamine groups is 1. The van der Waals surface area contributed by atoms with Gasteiger partial charge in [-0.1, -0.05) is 46.8 Å². The molecule has 0 saturated heterocycles. The predicted octanol–water partition coefficient (Wildman–Crippen LogP) is 1.71. The quantitative estimate of drug-likeness (QED) is 0.0573. The second-order valence-corrected chi connectivity index (χ2v) is 19.0. The van der Waals surface area contributed by atoms with Gasteiger partial charge in [0.2, 0.25) is 11.8 Å². The summed E-state index contributed by atoms with van der Waals surface area (Å²) in [6, 6.07) is 5.98. The van der Waals surface area contributed by atoms with E-state index in [1.54, 1.807) is 10.9 Å². The lowest BCUT2D eigenvalue weighted by atomic mass is 10.2. The highest BCUT2D eigenvalue weighted by Gasteiger charge is 2.61. The summed E-state index contributed by atoms with van der Waals surface area (Å²) in [5.41, 5.74) is 3.96. The van der Waals surface area contributed by atoms with Crippen molar-refractivity contribution < 1.29 is 37.4 Å². The van der Waals surface area contributed by atoms with Crippen molar-refractivity contribution in [2.45, 2.75) is 77.6 Å². The second kappa shape index (κ2) is 15.5. The fourth-order valence-electron chi connectivity index (χ4n) is 6.25. The van der Waals surface area contributed by atoms with E-state index < -0.39 is 30.3 Å². The van der Waals surface area contributed by atoms with E-state index in [2.05, 4.69) is 25.7 Å². The summed E-state index contributed by atoms with van der Waals surface area (Å²) in [4.78, 5) is 53.4. The van der Waals surface area contributed by atoms with Gasteiger partial charge in [0.1, 0.15) is 17.6 Å². The van der Waals surface area contributed by atoms with E-state index in [0.717, 1.165) is 21.3 Å². The molecule has 0 spiro atoms. The molecule has 4 heterocycles. The molecule has 0 aromatic carbocycles. The van der Waals surface area contributed by atoms with Crippen LogP contribution in [0.2, 0.25) is 10.1 Å². The highest BCUT2D eigenvalue weighted by atomic mass is 28.4. The Hall–Kier alpha value is -4.28. The Balaban J connectivity index is 1.20. The van der Waals surface area contributed by atoms with Crippen LogP contribution in [-0.2, 0) is 48.9 Å². The first-order valence-electron chi connectivity index (χ1n) is 16.4. The number of pyridine rings is 1. The average molecular weight is 700 g/mol. The van der Waals surface area contributed by atoms with Gasteiger partial charge in [-0.05, 0) is 28.3 Å². The van der Waals surface area contributed by atoms with E-state index in [9.17, 15) is 19.2 Å². The van der Waals surface area contributed by atoms with E-state index in [-0.39, 0.29) is 57.6 Å². The van der Waals surface area contributed by atoms with Gasteiger partial charge in [-0.25, -0.2) is 19.3 Å². The molecular formula is C33H48FN8O6Si+. The van der Waals surface area contributed by atoms with Crippen molar-refractivity contribution in [3.05, 3.63) is 48.4 Å². The number of rotatable bonds is 16. The van der Waals surface area contributed by atoms with Crippen LogP contribution in [0, 0.1) is 0 Å². The van der Waals surface area contributed by atoms with Gasteiger partial charge in [0.25, 0.3) is 17.5 Å². The third kappa shape index (κ3) is 8.85. The van der Waals surface area contributed by atoms with Gasteiger partial charge in [-0.2, -0.15) is 0 Å². The van der Waals surface area contributed by atoms with Crippen LogP contribution in [0.4, 0.5) is 4.11 Å². The Labute approximate surface area is 286 Å². The van der Waals surface area contributed by atoms with Crippen molar-refractivity contribution in [3.8, 4) is 0 Å². The molecule has 266 valence electrons. The van der Waals surface area contributed by atoms with E-state index in [4.69, 9.17) is 9.57 Å².